The molecule has 0 radical (unpaired) electrons. The lowest BCUT2D eigenvalue weighted by molar-refractivity contribution is -0.130. The van der Waals surface area contributed by atoms with E-state index in [0.717, 1.165) is 16.8 Å². The second kappa shape index (κ2) is 7.51. The second-order valence-electron chi connectivity index (χ2n) is 6.60. The van der Waals surface area contributed by atoms with Gasteiger partial charge in [-0.3, -0.25) is 9.59 Å². The van der Waals surface area contributed by atoms with Gasteiger partial charge in [0.15, 0.2) is 0 Å². The number of piperazine rings is 1. The van der Waals surface area contributed by atoms with Crippen LogP contribution in [0.25, 0.3) is 0 Å². The van der Waals surface area contributed by atoms with E-state index in [1.165, 1.54) is 12.4 Å². The Balaban J connectivity index is 1.64. The van der Waals surface area contributed by atoms with Crippen LogP contribution >= 0.6 is 0 Å². The van der Waals surface area contributed by atoms with Crippen molar-refractivity contribution >= 4 is 23.5 Å². The fraction of sp³-hybridized carbons (Fsp3) is 0.368. The number of nitrogens with zero attached hydrogens (tertiary/aromatic N) is 4. The highest BCUT2D eigenvalue weighted by molar-refractivity contribution is 5.94. The smallest absolute Gasteiger partial charge is 0.257 e. The summed E-state index contributed by atoms with van der Waals surface area (Å²) in [6.45, 7) is 7.80. The summed E-state index contributed by atoms with van der Waals surface area (Å²) in [5.41, 5.74) is 3.68. The number of hydrogen-bond donors (Lipinski definition) is 1. The van der Waals surface area contributed by atoms with Gasteiger partial charge < -0.3 is 15.1 Å². The Hall–Kier alpha value is -2.96. The Kier molecular flexibility index (Phi) is 5.16. The van der Waals surface area contributed by atoms with Crippen LogP contribution < -0.4 is 5.32 Å². The van der Waals surface area contributed by atoms with E-state index in [2.05, 4.69) is 21.4 Å². The van der Waals surface area contributed by atoms with Gasteiger partial charge in [0.05, 0.1) is 5.56 Å². The molecule has 0 unspecified atom stereocenters. The molecule has 3 rings (SSSR count). The standard InChI is InChI=1S/C19H23N5O2/c1-13-8-14(2)10-17(9-13)22-19-20-11-16(12-21-19)18(26)24-6-4-23(5-7-24)15(3)25/h8-12H,4-7H2,1-3H3,(H,20,21,22). The Bertz CT molecular complexity index is 791. The first kappa shape index (κ1) is 17.8. The molecule has 1 fully saturated rings. The van der Waals surface area contributed by atoms with Crippen LogP contribution in [0.15, 0.2) is 30.6 Å². The number of carbonyl (C=O) groups is 2. The molecule has 2 aromatic rings. The van der Waals surface area contributed by atoms with Gasteiger partial charge in [-0.15, -0.1) is 0 Å². The SMILES string of the molecule is CC(=O)N1CCN(C(=O)c2cnc(Nc3cc(C)cc(C)c3)nc2)CC1. The van der Waals surface area contributed by atoms with Crippen LogP contribution in [0.5, 0.6) is 0 Å². The highest BCUT2D eigenvalue weighted by Crippen LogP contribution is 2.17. The zero-order valence-electron chi connectivity index (χ0n) is 15.3. The molecule has 1 aliphatic heterocycles. The van der Waals surface area contributed by atoms with Gasteiger partial charge in [0, 0.05) is 51.2 Å². The molecule has 2 heterocycles. The number of rotatable bonds is 3. The fourth-order valence-electron chi connectivity index (χ4n) is 3.09. The first-order chi connectivity index (χ1) is 12.4. The molecule has 1 aliphatic rings. The third-order valence-corrected chi connectivity index (χ3v) is 4.39. The van der Waals surface area contributed by atoms with E-state index >= 15 is 0 Å². The summed E-state index contributed by atoms with van der Waals surface area (Å²) in [4.78, 5) is 35.9. The lowest BCUT2D eigenvalue weighted by Gasteiger charge is -2.34. The van der Waals surface area contributed by atoms with Gasteiger partial charge in [0.25, 0.3) is 5.91 Å². The monoisotopic (exact) mass is 353 g/mol. The number of aryl methyl sites for hydroxylation is 2. The van der Waals surface area contributed by atoms with Gasteiger partial charge in [0.2, 0.25) is 11.9 Å². The Labute approximate surface area is 153 Å². The van der Waals surface area contributed by atoms with E-state index in [-0.39, 0.29) is 11.8 Å². The molecule has 26 heavy (non-hydrogen) atoms. The van der Waals surface area contributed by atoms with E-state index in [9.17, 15) is 9.59 Å². The molecule has 1 aromatic heterocycles. The maximum absolute atomic E-state index is 12.6. The third-order valence-electron chi connectivity index (χ3n) is 4.39. The van der Waals surface area contributed by atoms with E-state index in [1.807, 2.05) is 26.0 Å². The van der Waals surface area contributed by atoms with Gasteiger partial charge in [0.1, 0.15) is 0 Å². The van der Waals surface area contributed by atoms with Crippen molar-refractivity contribution in [3.63, 3.8) is 0 Å². The Morgan fingerprint density at radius 3 is 2.00 bits per heavy atom. The van der Waals surface area contributed by atoms with Crippen molar-refractivity contribution in [1.82, 2.24) is 19.8 Å². The predicted octanol–water partition coefficient (Wildman–Crippen LogP) is 2.14. The molecule has 2 amide bonds. The van der Waals surface area contributed by atoms with Crippen molar-refractivity contribution in [1.29, 1.82) is 0 Å². The summed E-state index contributed by atoms with van der Waals surface area (Å²) >= 11 is 0. The summed E-state index contributed by atoms with van der Waals surface area (Å²) < 4.78 is 0. The van der Waals surface area contributed by atoms with Crippen molar-refractivity contribution in [3.8, 4) is 0 Å². The number of benzene rings is 1. The minimum Gasteiger partial charge on any atom is -0.339 e. The molecule has 1 aromatic carbocycles. The highest BCUT2D eigenvalue weighted by atomic mass is 16.2. The van der Waals surface area contributed by atoms with E-state index in [1.54, 1.807) is 16.7 Å². The van der Waals surface area contributed by atoms with Crippen molar-refractivity contribution in [2.75, 3.05) is 31.5 Å². The molecule has 0 atom stereocenters. The average molecular weight is 353 g/mol. The molecule has 1 N–H and O–H groups in total. The first-order valence-electron chi connectivity index (χ1n) is 8.64. The first-order valence-corrected chi connectivity index (χ1v) is 8.64. The largest absolute Gasteiger partial charge is 0.339 e. The van der Waals surface area contributed by atoms with Gasteiger partial charge >= 0.3 is 0 Å². The van der Waals surface area contributed by atoms with Crippen molar-refractivity contribution in [2.24, 2.45) is 0 Å². The summed E-state index contributed by atoms with van der Waals surface area (Å²) in [5, 5.41) is 3.16. The molecule has 7 heteroatoms. The molecular formula is C19H23N5O2. The Morgan fingerprint density at radius 2 is 1.46 bits per heavy atom. The maximum atomic E-state index is 12.6. The molecule has 0 spiro atoms. The molecule has 0 aliphatic carbocycles. The number of anilines is 2. The molecule has 0 saturated carbocycles. The van der Waals surface area contributed by atoms with Crippen LogP contribution in [0, 0.1) is 13.8 Å². The average Bonchev–Trinajstić information content (AvgIpc) is 2.61. The van der Waals surface area contributed by atoms with E-state index in [0.29, 0.717) is 37.7 Å². The number of hydrogen-bond acceptors (Lipinski definition) is 5. The van der Waals surface area contributed by atoms with Gasteiger partial charge in [-0.1, -0.05) is 6.07 Å². The molecule has 1 saturated heterocycles. The molecule has 0 bridgehead atoms. The normalized spacial score (nSPS) is 14.3. The van der Waals surface area contributed by atoms with Crippen LogP contribution in [-0.2, 0) is 4.79 Å². The van der Waals surface area contributed by atoms with Crippen LogP contribution in [0.4, 0.5) is 11.6 Å². The number of amides is 2. The van der Waals surface area contributed by atoms with Gasteiger partial charge in [-0.05, 0) is 37.1 Å². The Morgan fingerprint density at radius 1 is 0.923 bits per heavy atom. The van der Waals surface area contributed by atoms with Crippen molar-refractivity contribution < 1.29 is 9.59 Å². The fourth-order valence-corrected chi connectivity index (χ4v) is 3.09. The lowest BCUT2D eigenvalue weighted by Crippen LogP contribution is -2.50. The minimum atomic E-state index is -0.105. The molecule has 7 nitrogen and oxygen atoms in total. The van der Waals surface area contributed by atoms with Crippen molar-refractivity contribution in [2.45, 2.75) is 20.8 Å². The molecule has 136 valence electrons. The molecular weight excluding hydrogens is 330 g/mol. The summed E-state index contributed by atoms with van der Waals surface area (Å²) in [6, 6.07) is 6.13. The van der Waals surface area contributed by atoms with Gasteiger partial charge in [-0.25, -0.2) is 9.97 Å². The van der Waals surface area contributed by atoms with E-state index in [4.69, 9.17) is 0 Å². The van der Waals surface area contributed by atoms with Gasteiger partial charge in [-0.2, -0.15) is 0 Å². The maximum Gasteiger partial charge on any atom is 0.257 e. The third kappa shape index (κ3) is 4.17. The zero-order valence-corrected chi connectivity index (χ0v) is 15.3. The summed E-state index contributed by atoms with van der Waals surface area (Å²) in [6.07, 6.45) is 3.08. The second-order valence-corrected chi connectivity index (χ2v) is 6.60. The van der Waals surface area contributed by atoms with Crippen LogP contribution in [-0.4, -0.2) is 57.8 Å². The quantitative estimate of drug-likeness (QED) is 0.915. The van der Waals surface area contributed by atoms with Crippen molar-refractivity contribution in [3.05, 3.63) is 47.3 Å². The lowest BCUT2D eigenvalue weighted by atomic mass is 10.1. The topological polar surface area (TPSA) is 78.4 Å². The highest BCUT2D eigenvalue weighted by Gasteiger charge is 2.23. The number of aromatic nitrogens is 2. The zero-order chi connectivity index (χ0) is 18.7. The number of carbonyl (C=O) groups excluding carboxylic acids is 2. The number of nitrogens with one attached hydrogen (secondary N) is 1. The van der Waals surface area contributed by atoms with E-state index < -0.39 is 0 Å². The summed E-state index contributed by atoms with van der Waals surface area (Å²) in [5.74, 6) is 0.390. The predicted molar refractivity (Wildman–Crippen MR) is 99.4 cm³/mol. The van der Waals surface area contributed by atoms with Crippen LogP contribution in [0.1, 0.15) is 28.4 Å². The summed E-state index contributed by atoms with van der Waals surface area (Å²) in [7, 11) is 0. The van der Waals surface area contributed by atoms with Crippen LogP contribution in [0.2, 0.25) is 0 Å². The minimum absolute atomic E-state index is 0.0437. The van der Waals surface area contributed by atoms with Crippen LogP contribution in [0.3, 0.4) is 0 Å².